The Bertz CT molecular complexity index is 2010. The van der Waals surface area contributed by atoms with Crippen molar-refractivity contribution < 1.29 is 9.21 Å². The van der Waals surface area contributed by atoms with E-state index in [4.69, 9.17) is 39.2 Å². The van der Waals surface area contributed by atoms with E-state index in [1.54, 1.807) is 66.1 Å². The van der Waals surface area contributed by atoms with Crippen LogP contribution in [0, 0.1) is 0 Å². The van der Waals surface area contributed by atoms with Gasteiger partial charge in [-0.2, -0.15) is 0 Å². The van der Waals surface area contributed by atoms with Crippen molar-refractivity contribution in [3.05, 3.63) is 142 Å². The van der Waals surface area contributed by atoms with E-state index >= 15 is 0 Å². The standard InChI is InChI=1S/C31H20Cl3N3O3S/c1-17-27(29(38)36-21-5-3-2-4-6-21)28(18-7-10-20(32)11-8-18)37-30(39)26(41-31(37)35-17)16-22-12-14-25(40-22)19-9-13-23(33)24(34)15-19/h2-16,28H,1H3,(H,36,38)/b26-16-. The Morgan fingerprint density at radius 1 is 0.976 bits per heavy atom. The summed E-state index contributed by atoms with van der Waals surface area (Å²) in [5.41, 5.74) is 2.72. The van der Waals surface area contributed by atoms with Gasteiger partial charge in [0, 0.05) is 22.3 Å². The van der Waals surface area contributed by atoms with Gasteiger partial charge >= 0.3 is 0 Å². The molecule has 1 N–H and O–H groups in total. The van der Waals surface area contributed by atoms with Gasteiger partial charge in [0.25, 0.3) is 11.5 Å². The minimum atomic E-state index is -0.710. The zero-order valence-electron chi connectivity index (χ0n) is 21.4. The molecule has 0 saturated heterocycles. The minimum absolute atomic E-state index is 0.293. The van der Waals surface area contributed by atoms with Crippen LogP contribution in [0.5, 0.6) is 0 Å². The molecule has 2 aromatic heterocycles. The van der Waals surface area contributed by atoms with Crippen LogP contribution in [0.25, 0.3) is 17.4 Å². The van der Waals surface area contributed by atoms with E-state index in [-0.39, 0.29) is 11.5 Å². The number of carbonyl (C=O) groups is 1. The molecule has 3 heterocycles. The van der Waals surface area contributed by atoms with Crippen molar-refractivity contribution in [2.75, 3.05) is 5.32 Å². The first-order chi connectivity index (χ1) is 19.8. The van der Waals surface area contributed by atoms with Crippen molar-refractivity contribution >= 4 is 63.8 Å². The number of nitrogens with one attached hydrogen (secondary N) is 1. The van der Waals surface area contributed by atoms with Crippen LogP contribution in [0.1, 0.15) is 24.3 Å². The third-order valence-electron chi connectivity index (χ3n) is 6.59. The maximum atomic E-state index is 13.9. The van der Waals surface area contributed by atoms with Crippen LogP contribution in [0.2, 0.25) is 15.1 Å². The Balaban J connectivity index is 1.44. The first kappa shape index (κ1) is 27.3. The highest BCUT2D eigenvalue weighted by Gasteiger charge is 2.32. The number of para-hydroxylation sites is 1. The molecule has 0 aliphatic carbocycles. The molecule has 5 aromatic rings. The van der Waals surface area contributed by atoms with Gasteiger partial charge in [0.15, 0.2) is 4.80 Å². The molecule has 0 radical (unpaired) electrons. The number of amides is 1. The van der Waals surface area contributed by atoms with Crippen LogP contribution in [-0.4, -0.2) is 10.5 Å². The number of carbonyl (C=O) groups excluding carboxylic acids is 1. The van der Waals surface area contributed by atoms with E-state index in [1.165, 1.54) is 11.3 Å². The number of halogens is 3. The molecule has 0 bridgehead atoms. The van der Waals surface area contributed by atoms with Crippen molar-refractivity contribution in [1.82, 2.24) is 4.57 Å². The van der Waals surface area contributed by atoms with Crippen LogP contribution in [-0.2, 0) is 4.79 Å². The van der Waals surface area contributed by atoms with Gasteiger partial charge in [0.2, 0.25) is 0 Å². The predicted octanol–water partition coefficient (Wildman–Crippen LogP) is 7.09. The number of rotatable bonds is 5. The third-order valence-corrected chi connectivity index (χ3v) is 8.56. The average Bonchev–Trinajstić information content (AvgIpc) is 3.54. The summed E-state index contributed by atoms with van der Waals surface area (Å²) >= 11 is 19.6. The maximum absolute atomic E-state index is 13.9. The fourth-order valence-electron chi connectivity index (χ4n) is 4.66. The average molecular weight is 621 g/mol. The molecule has 0 saturated carbocycles. The minimum Gasteiger partial charge on any atom is -0.457 e. The molecule has 1 aliphatic rings. The van der Waals surface area contributed by atoms with Gasteiger partial charge in [-0.1, -0.05) is 76.5 Å². The Morgan fingerprint density at radius 3 is 2.46 bits per heavy atom. The molecular weight excluding hydrogens is 601 g/mol. The maximum Gasteiger partial charge on any atom is 0.271 e. The van der Waals surface area contributed by atoms with E-state index < -0.39 is 6.04 Å². The highest BCUT2D eigenvalue weighted by Crippen LogP contribution is 2.32. The van der Waals surface area contributed by atoms with Gasteiger partial charge < -0.3 is 9.73 Å². The number of allylic oxidation sites excluding steroid dienone is 1. The van der Waals surface area contributed by atoms with Crippen molar-refractivity contribution in [1.29, 1.82) is 0 Å². The lowest BCUT2D eigenvalue weighted by atomic mass is 9.95. The number of hydrogen-bond acceptors (Lipinski definition) is 5. The molecule has 10 heteroatoms. The van der Waals surface area contributed by atoms with Crippen molar-refractivity contribution in [2.45, 2.75) is 13.0 Å². The summed E-state index contributed by atoms with van der Waals surface area (Å²) in [5, 5.41) is 4.36. The number of thiazole rings is 1. The highest BCUT2D eigenvalue weighted by atomic mass is 35.5. The largest absolute Gasteiger partial charge is 0.457 e. The zero-order valence-corrected chi connectivity index (χ0v) is 24.5. The van der Waals surface area contributed by atoms with E-state index in [9.17, 15) is 9.59 Å². The summed E-state index contributed by atoms with van der Waals surface area (Å²) in [4.78, 5) is 32.7. The SMILES string of the molecule is CC1=C(C(=O)Nc2ccccc2)C(c2ccc(Cl)cc2)n2c(s/c(=C\c3ccc(-c4ccc(Cl)c(Cl)c4)o3)c2=O)=N1. The molecule has 0 spiro atoms. The van der Waals surface area contributed by atoms with Gasteiger partial charge in [-0.15, -0.1) is 0 Å². The zero-order chi connectivity index (χ0) is 28.7. The molecule has 204 valence electrons. The number of fused-ring (bicyclic) bond motifs is 1. The molecule has 1 amide bonds. The van der Waals surface area contributed by atoms with Crippen LogP contribution >= 0.6 is 46.1 Å². The Hall–Kier alpha value is -3.88. The molecular formula is C31H20Cl3N3O3S. The Labute approximate surface area is 253 Å². The van der Waals surface area contributed by atoms with Gasteiger partial charge in [0.1, 0.15) is 11.5 Å². The second-order valence-electron chi connectivity index (χ2n) is 9.28. The molecule has 6 nitrogen and oxygen atoms in total. The van der Waals surface area contributed by atoms with E-state index in [1.807, 2.05) is 36.4 Å². The Kier molecular flexibility index (Phi) is 7.45. The lowest BCUT2D eigenvalue weighted by Crippen LogP contribution is -2.40. The number of furan rings is 1. The highest BCUT2D eigenvalue weighted by molar-refractivity contribution is 7.07. The Morgan fingerprint density at radius 2 is 1.73 bits per heavy atom. The molecule has 3 aromatic carbocycles. The predicted molar refractivity (Wildman–Crippen MR) is 164 cm³/mol. The van der Waals surface area contributed by atoms with Crippen LogP contribution in [0.3, 0.4) is 0 Å². The first-order valence-electron chi connectivity index (χ1n) is 12.5. The number of nitrogens with zero attached hydrogens (tertiary/aromatic N) is 2. The topological polar surface area (TPSA) is 76.6 Å². The number of hydrogen-bond donors (Lipinski definition) is 1. The fourth-order valence-corrected chi connectivity index (χ4v) is 6.11. The van der Waals surface area contributed by atoms with Gasteiger partial charge in [-0.25, -0.2) is 4.99 Å². The van der Waals surface area contributed by atoms with E-state index in [0.717, 1.165) is 11.1 Å². The van der Waals surface area contributed by atoms with Crippen LogP contribution in [0.15, 0.2) is 110 Å². The summed E-state index contributed by atoms with van der Waals surface area (Å²) in [7, 11) is 0. The molecule has 1 unspecified atom stereocenters. The second-order valence-corrected chi connectivity index (χ2v) is 11.5. The normalized spacial score (nSPS) is 15.0. The molecule has 1 atom stereocenters. The summed E-state index contributed by atoms with van der Waals surface area (Å²) in [6.45, 7) is 1.77. The molecule has 41 heavy (non-hydrogen) atoms. The number of benzene rings is 3. The van der Waals surface area contributed by atoms with Crippen molar-refractivity contribution in [2.24, 2.45) is 4.99 Å². The van der Waals surface area contributed by atoms with E-state index in [2.05, 4.69) is 10.3 Å². The molecule has 6 rings (SSSR count). The molecule has 1 aliphatic heterocycles. The number of aromatic nitrogens is 1. The van der Waals surface area contributed by atoms with Gasteiger partial charge in [-0.3, -0.25) is 14.2 Å². The molecule has 0 fully saturated rings. The first-order valence-corrected chi connectivity index (χ1v) is 14.4. The fraction of sp³-hybridized carbons (Fsp3) is 0.0645. The third kappa shape index (κ3) is 5.42. The smallest absolute Gasteiger partial charge is 0.271 e. The van der Waals surface area contributed by atoms with Crippen LogP contribution < -0.4 is 20.2 Å². The van der Waals surface area contributed by atoms with Crippen LogP contribution in [0.4, 0.5) is 5.69 Å². The lowest BCUT2D eigenvalue weighted by molar-refractivity contribution is -0.113. The monoisotopic (exact) mass is 619 g/mol. The number of anilines is 1. The lowest BCUT2D eigenvalue weighted by Gasteiger charge is -2.25. The summed E-state index contributed by atoms with van der Waals surface area (Å²) < 4.78 is 7.97. The van der Waals surface area contributed by atoms with E-state index in [0.29, 0.717) is 52.9 Å². The quantitative estimate of drug-likeness (QED) is 0.228. The summed E-state index contributed by atoms with van der Waals surface area (Å²) in [6.07, 6.45) is 1.67. The summed E-state index contributed by atoms with van der Waals surface area (Å²) in [5.74, 6) is 0.721. The summed E-state index contributed by atoms with van der Waals surface area (Å²) in [6, 6.07) is 24.3. The van der Waals surface area contributed by atoms with Gasteiger partial charge in [-0.05, 0) is 67.1 Å². The van der Waals surface area contributed by atoms with Gasteiger partial charge in [0.05, 0.1) is 31.9 Å². The second kappa shape index (κ2) is 11.2. The van der Waals surface area contributed by atoms with Crippen molar-refractivity contribution in [3.63, 3.8) is 0 Å². The van der Waals surface area contributed by atoms with Crippen molar-refractivity contribution in [3.8, 4) is 11.3 Å².